The topological polar surface area (TPSA) is 33.2 Å². The van der Waals surface area contributed by atoms with Crippen LogP contribution in [0.2, 0.25) is 0 Å². The Morgan fingerprint density at radius 2 is 1.91 bits per heavy atom. The molecular weight excluding hydrogens is 272 g/mol. The van der Waals surface area contributed by atoms with Gasteiger partial charge in [-0.3, -0.25) is 14.7 Å². The number of aromatic nitrogens is 1. The van der Waals surface area contributed by atoms with Crippen molar-refractivity contribution in [1.29, 1.82) is 0 Å². The first-order valence-corrected chi connectivity index (χ1v) is 8.05. The van der Waals surface area contributed by atoms with Gasteiger partial charge in [0.1, 0.15) is 0 Å². The van der Waals surface area contributed by atoms with Crippen molar-refractivity contribution in [3.05, 3.63) is 66.0 Å². The molecule has 22 heavy (non-hydrogen) atoms. The quantitative estimate of drug-likeness (QED) is 0.809. The van der Waals surface area contributed by atoms with Crippen molar-refractivity contribution in [2.24, 2.45) is 0 Å². The maximum absolute atomic E-state index is 13.1. The second-order valence-corrected chi connectivity index (χ2v) is 6.45. The Bertz CT molecular complexity index is 660. The molecule has 0 amide bonds. The molecule has 3 nitrogen and oxygen atoms in total. The molecule has 0 unspecified atom stereocenters. The smallest absolute Gasteiger partial charge is 0.184 e. The molecule has 2 saturated heterocycles. The molecule has 4 rings (SSSR count). The molecule has 0 saturated carbocycles. The molecule has 0 radical (unpaired) electrons. The number of benzene rings is 1. The van der Waals surface area contributed by atoms with Gasteiger partial charge < -0.3 is 0 Å². The SMILES string of the molecule is O=C(c1cccnc1)C12CCC(CC1)N2Cc1ccccc1. The van der Waals surface area contributed by atoms with Crippen LogP contribution in [0.4, 0.5) is 0 Å². The highest BCUT2D eigenvalue weighted by atomic mass is 16.1. The molecule has 1 aromatic heterocycles. The van der Waals surface area contributed by atoms with Crippen LogP contribution in [0, 0.1) is 0 Å². The van der Waals surface area contributed by atoms with Crippen LogP contribution in [-0.4, -0.2) is 27.2 Å². The van der Waals surface area contributed by atoms with Crippen LogP contribution in [0.3, 0.4) is 0 Å². The number of hydrogen-bond acceptors (Lipinski definition) is 3. The van der Waals surface area contributed by atoms with Crippen LogP contribution in [0.5, 0.6) is 0 Å². The van der Waals surface area contributed by atoms with E-state index in [1.54, 1.807) is 12.4 Å². The number of Topliss-reactive ketones (excluding diaryl/α,β-unsaturated/α-hetero) is 1. The van der Waals surface area contributed by atoms with Gasteiger partial charge in [-0.05, 0) is 43.4 Å². The maximum atomic E-state index is 13.1. The summed E-state index contributed by atoms with van der Waals surface area (Å²) >= 11 is 0. The molecule has 1 aromatic carbocycles. The van der Waals surface area contributed by atoms with E-state index < -0.39 is 0 Å². The van der Waals surface area contributed by atoms with Gasteiger partial charge in [-0.1, -0.05) is 30.3 Å². The molecule has 2 aromatic rings. The van der Waals surface area contributed by atoms with E-state index in [1.807, 2.05) is 18.2 Å². The van der Waals surface area contributed by atoms with Gasteiger partial charge in [-0.2, -0.15) is 0 Å². The fourth-order valence-electron chi connectivity index (χ4n) is 4.21. The predicted octanol–water partition coefficient (Wildman–Crippen LogP) is 3.46. The van der Waals surface area contributed by atoms with E-state index in [-0.39, 0.29) is 11.3 Å². The lowest BCUT2D eigenvalue weighted by Gasteiger charge is -2.33. The van der Waals surface area contributed by atoms with Crippen molar-refractivity contribution >= 4 is 5.78 Å². The number of fused-ring (bicyclic) bond motifs is 2. The Labute approximate surface area is 131 Å². The first kappa shape index (κ1) is 13.6. The first-order valence-electron chi connectivity index (χ1n) is 8.05. The summed E-state index contributed by atoms with van der Waals surface area (Å²) in [4.78, 5) is 19.7. The van der Waals surface area contributed by atoms with Gasteiger partial charge >= 0.3 is 0 Å². The highest BCUT2D eigenvalue weighted by molar-refractivity contribution is 6.03. The molecule has 112 valence electrons. The summed E-state index contributed by atoms with van der Waals surface area (Å²) in [6.45, 7) is 0.873. The van der Waals surface area contributed by atoms with Gasteiger partial charge in [0, 0.05) is 30.5 Å². The monoisotopic (exact) mass is 292 g/mol. The van der Waals surface area contributed by atoms with E-state index in [2.05, 4.69) is 34.1 Å². The lowest BCUT2D eigenvalue weighted by Crippen LogP contribution is -2.47. The van der Waals surface area contributed by atoms with Gasteiger partial charge in [0.05, 0.1) is 5.54 Å². The molecule has 3 heterocycles. The molecule has 0 atom stereocenters. The summed E-state index contributed by atoms with van der Waals surface area (Å²) in [5, 5.41) is 0. The van der Waals surface area contributed by atoms with Crippen molar-refractivity contribution in [2.75, 3.05) is 0 Å². The molecule has 0 N–H and O–H groups in total. The standard InChI is InChI=1S/C19H20N2O/c22-18(16-7-4-12-20-13-16)19-10-8-17(9-11-19)21(19)14-15-5-2-1-3-6-15/h1-7,12-13,17H,8-11,14H2. The first-order chi connectivity index (χ1) is 10.8. The Kier molecular flexibility index (Phi) is 3.30. The number of rotatable bonds is 4. The molecule has 2 aliphatic heterocycles. The van der Waals surface area contributed by atoms with E-state index in [4.69, 9.17) is 0 Å². The zero-order chi connectivity index (χ0) is 15.0. The highest BCUT2D eigenvalue weighted by Crippen LogP contribution is 2.48. The van der Waals surface area contributed by atoms with Crippen LogP contribution < -0.4 is 0 Å². The van der Waals surface area contributed by atoms with Gasteiger partial charge in [0.2, 0.25) is 0 Å². The van der Waals surface area contributed by atoms with Crippen molar-refractivity contribution in [2.45, 2.75) is 43.8 Å². The lowest BCUT2D eigenvalue weighted by atomic mass is 9.82. The molecule has 2 fully saturated rings. The van der Waals surface area contributed by atoms with Gasteiger partial charge in [-0.15, -0.1) is 0 Å². The summed E-state index contributed by atoms with van der Waals surface area (Å²) < 4.78 is 0. The van der Waals surface area contributed by atoms with Gasteiger partial charge in [0.15, 0.2) is 5.78 Å². The molecule has 2 bridgehead atoms. The Hall–Kier alpha value is -2.00. The van der Waals surface area contributed by atoms with E-state index >= 15 is 0 Å². The van der Waals surface area contributed by atoms with E-state index in [9.17, 15) is 4.79 Å². The Morgan fingerprint density at radius 1 is 1.14 bits per heavy atom. The zero-order valence-corrected chi connectivity index (χ0v) is 12.6. The number of nitrogens with zero attached hydrogens (tertiary/aromatic N) is 2. The fourth-order valence-corrected chi connectivity index (χ4v) is 4.21. The van der Waals surface area contributed by atoms with Crippen LogP contribution in [0.15, 0.2) is 54.9 Å². The number of hydrogen-bond donors (Lipinski definition) is 0. The highest BCUT2D eigenvalue weighted by Gasteiger charge is 2.55. The van der Waals surface area contributed by atoms with Crippen LogP contribution in [0.1, 0.15) is 41.6 Å². The van der Waals surface area contributed by atoms with Gasteiger partial charge in [0.25, 0.3) is 0 Å². The van der Waals surface area contributed by atoms with E-state index in [0.717, 1.165) is 37.8 Å². The third-order valence-corrected chi connectivity index (χ3v) is 5.31. The average Bonchev–Trinajstić information content (AvgIpc) is 3.11. The normalized spacial score (nSPS) is 27.2. The number of pyridine rings is 1. The average molecular weight is 292 g/mol. The number of ketones is 1. The molecular formula is C19H20N2O. The third-order valence-electron chi connectivity index (χ3n) is 5.31. The van der Waals surface area contributed by atoms with E-state index in [0.29, 0.717) is 6.04 Å². The number of carbonyl (C=O) groups is 1. The summed E-state index contributed by atoms with van der Waals surface area (Å²) in [6, 6.07) is 14.8. The van der Waals surface area contributed by atoms with Crippen molar-refractivity contribution in [1.82, 2.24) is 9.88 Å². The fraction of sp³-hybridized carbons (Fsp3) is 0.368. The van der Waals surface area contributed by atoms with Crippen LogP contribution in [-0.2, 0) is 6.54 Å². The zero-order valence-electron chi connectivity index (χ0n) is 12.6. The van der Waals surface area contributed by atoms with Crippen molar-refractivity contribution < 1.29 is 4.79 Å². The minimum Gasteiger partial charge on any atom is -0.292 e. The lowest BCUT2D eigenvalue weighted by molar-refractivity contribution is 0.0689. The number of carbonyl (C=O) groups excluding carboxylic acids is 1. The molecule has 0 spiro atoms. The Balaban J connectivity index is 1.65. The maximum Gasteiger partial charge on any atom is 0.184 e. The largest absolute Gasteiger partial charge is 0.292 e. The summed E-state index contributed by atoms with van der Waals surface area (Å²) in [6.07, 6.45) is 7.68. The predicted molar refractivity (Wildman–Crippen MR) is 85.5 cm³/mol. The van der Waals surface area contributed by atoms with Gasteiger partial charge in [-0.25, -0.2) is 0 Å². The summed E-state index contributed by atoms with van der Waals surface area (Å²) in [5.74, 6) is 0.261. The van der Waals surface area contributed by atoms with Crippen molar-refractivity contribution in [3.63, 3.8) is 0 Å². The third kappa shape index (κ3) is 2.08. The Morgan fingerprint density at radius 3 is 2.59 bits per heavy atom. The second-order valence-electron chi connectivity index (χ2n) is 6.45. The second kappa shape index (κ2) is 5.33. The summed E-state index contributed by atoms with van der Waals surface area (Å²) in [5.41, 5.74) is 1.74. The van der Waals surface area contributed by atoms with Crippen LogP contribution >= 0.6 is 0 Å². The minimum atomic E-state index is -0.302. The van der Waals surface area contributed by atoms with Crippen LogP contribution in [0.25, 0.3) is 0 Å². The summed E-state index contributed by atoms with van der Waals surface area (Å²) in [7, 11) is 0. The molecule has 2 aliphatic rings. The van der Waals surface area contributed by atoms with E-state index in [1.165, 1.54) is 5.56 Å². The molecule has 0 aliphatic carbocycles. The van der Waals surface area contributed by atoms with Crippen molar-refractivity contribution in [3.8, 4) is 0 Å². The minimum absolute atomic E-state index is 0.261. The molecule has 3 heteroatoms.